The van der Waals surface area contributed by atoms with Gasteiger partial charge in [-0.05, 0) is 30.2 Å². The first-order chi connectivity index (χ1) is 9.70. The molecule has 0 aliphatic carbocycles. The Hall–Kier alpha value is -2.29. The lowest BCUT2D eigenvalue weighted by atomic mass is 9.88. The summed E-state index contributed by atoms with van der Waals surface area (Å²) in [5.74, 6) is -0.0537. The number of aromatic hydroxyl groups is 1. The molecular weight excluding hydrogens is 252 g/mol. The fourth-order valence-corrected chi connectivity index (χ4v) is 2.21. The molecule has 2 rings (SSSR count). The third-order valence-corrected chi connectivity index (χ3v) is 3.17. The summed E-state index contributed by atoms with van der Waals surface area (Å²) in [6.45, 7) is 2.19. The number of phenols is 1. The highest BCUT2D eigenvalue weighted by Gasteiger charge is 2.18. The summed E-state index contributed by atoms with van der Waals surface area (Å²) in [5, 5.41) is 9.38. The molecule has 1 N–H and O–H groups in total. The van der Waals surface area contributed by atoms with E-state index in [1.807, 2.05) is 42.5 Å². The normalized spacial score (nSPS) is 11.8. The number of esters is 1. The number of rotatable bonds is 5. The maximum absolute atomic E-state index is 11.8. The van der Waals surface area contributed by atoms with Crippen LogP contribution in [0.1, 0.15) is 30.4 Å². The quantitative estimate of drug-likeness (QED) is 0.846. The molecule has 3 heteroatoms. The maximum atomic E-state index is 11.8. The number of hydrogen-bond acceptors (Lipinski definition) is 3. The van der Waals surface area contributed by atoms with Crippen LogP contribution in [-0.2, 0) is 9.53 Å². The third-order valence-electron chi connectivity index (χ3n) is 3.17. The molecule has 0 aromatic heterocycles. The largest absolute Gasteiger partial charge is 0.508 e. The van der Waals surface area contributed by atoms with Crippen LogP contribution in [0.5, 0.6) is 5.75 Å². The van der Waals surface area contributed by atoms with Crippen molar-refractivity contribution in [1.82, 2.24) is 0 Å². The summed E-state index contributed by atoms with van der Waals surface area (Å²) in [4.78, 5) is 11.8. The molecule has 0 saturated heterocycles. The van der Waals surface area contributed by atoms with E-state index in [2.05, 4.69) is 0 Å². The first-order valence-electron chi connectivity index (χ1n) is 6.70. The van der Waals surface area contributed by atoms with Gasteiger partial charge in [0.15, 0.2) is 0 Å². The van der Waals surface area contributed by atoms with Crippen LogP contribution in [0.4, 0.5) is 0 Å². The minimum absolute atomic E-state index is 0.0594. The first-order valence-corrected chi connectivity index (χ1v) is 6.70. The van der Waals surface area contributed by atoms with Gasteiger partial charge < -0.3 is 9.84 Å². The second-order valence-electron chi connectivity index (χ2n) is 4.56. The number of ether oxygens (including phenoxy) is 1. The van der Waals surface area contributed by atoms with Crippen LogP contribution in [0.3, 0.4) is 0 Å². The Morgan fingerprint density at radius 2 is 1.65 bits per heavy atom. The Bertz CT molecular complexity index is 546. The van der Waals surface area contributed by atoms with Gasteiger partial charge in [0.1, 0.15) is 5.75 Å². The Balaban J connectivity index is 2.29. The van der Waals surface area contributed by atoms with Crippen molar-refractivity contribution in [2.24, 2.45) is 0 Å². The van der Waals surface area contributed by atoms with E-state index in [-0.39, 0.29) is 17.6 Å². The summed E-state index contributed by atoms with van der Waals surface area (Å²) in [6, 6.07) is 16.8. The highest BCUT2D eigenvalue weighted by Crippen LogP contribution is 2.29. The summed E-state index contributed by atoms with van der Waals surface area (Å²) in [5.41, 5.74) is 2.05. The minimum Gasteiger partial charge on any atom is -0.508 e. The van der Waals surface area contributed by atoms with E-state index in [1.165, 1.54) is 0 Å². The molecule has 0 fully saturated rings. The van der Waals surface area contributed by atoms with Gasteiger partial charge >= 0.3 is 5.97 Å². The van der Waals surface area contributed by atoms with E-state index in [4.69, 9.17) is 4.74 Å². The standard InChI is InChI=1S/C17H18O3/c1-2-20-17(19)12-16(13-6-4-3-5-7-13)14-8-10-15(18)11-9-14/h3-11,16,18H,2,12H2,1H3/t16-/m0/s1. The van der Waals surface area contributed by atoms with E-state index in [0.29, 0.717) is 13.0 Å². The smallest absolute Gasteiger partial charge is 0.306 e. The summed E-state index contributed by atoms with van der Waals surface area (Å²) < 4.78 is 5.05. The van der Waals surface area contributed by atoms with Crippen LogP contribution in [-0.4, -0.2) is 17.7 Å². The lowest BCUT2D eigenvalue weighted by Gasteiger charge is -2.17. The zero-order valence-electron chi connectivity index (χ0n) is 11.5. The van der Waals surface area contributed by atoms with Crippen molar-refractivity contribution in [1.29, 1.82) is 0 Å². The van der Waals surface area contributed by atoms with Gasteiger partial charge in [0.25, 0.3) is 0 Å². The number of carbonyl (C=O) groups excluding carboxylic acids is 1. The molecule has 0 radical (unpaired) electrons. The van der Waals surface area contributed by atoms with Crippen molar-refractivity contribution in [2.45, 2.75) is 19.3 Å². The van der Waals surface area contributed by atoms with E-state index >= 15 is 0 Å². The number of benzene rings is 2. The highest BCUT2D eigenvalue weighted by molar-refractivity contribution is 5.71. The van der Waals surface area contributed by atoms with Gasteiger partial charge in [-0.25, -0.2) is 0 Å². The van der Waals surface area contributed by atoms with Crippen molar-refractivity contribution in [2.75, 3.05) is 6.61 Å². The van der Waals surface area contributed by atoms with Crippen LogP contribution in [0.25, 0.3) is 0 Å². The second-order valence-corrected chi connectivity index (χ2v) is 4.56. The zero-order valence-corrected chi connectivity index (χ0v) is 11.5. The zero-order chi connectivity index (χ0) is 14.4. The number of carbonyl (C=O) groups is 1. The molecule has 2 aromatic rings. The molecule has 0 aliphatic heterocycles. The highest BCUT2D eigenvalue weighted by atomic mass is 16.5. The fraction of sp³-hybridized carbons (Fsp3) is 0.235. The van der Waals surface area contributed by atoms with Crippen LogP contribution >= 0.6 is 0 Å². The number of phenolic OH excluding ortho intramolecular Hbond substituents is 1. The van der Waals surface area contributed by atoms with Crippen molar-refractivity contribution in [3.63, 3.8) is 0 Å². The van der Waals surface area contributed by atoms with E-state index in [0.717, 1.165) is 11.1 Å². The topological polar surface area (TPSA) is 46.5 Å². The second kappa shape index (κ2) is 6.75. The van der Waals surface area contributed by atoms with Gasteiger partial charge in [0.2, 0.25) is 0 Å². The molecule has 0 unspecified atom stereocenters. The predicted molar refractivity (Wildman–Crippen MR) is 77.6 cm³/mol. The van der Waals surface area contributed by atoms with Crippen molar-refractivity contribution >= 4 is 5.97 Å². The Morgan fingerprint density at radius 1 is 1.05 bits per heavy atom. The molecule has 0 bridgehead atoms. The van der Waals surface area contributed by atoms with E-state index in [1.54, 1.807) is 19.1 Å². The molecule has 2 aromatic carbocycles. The molecule has 0 amide bonds. The van der Waals surface area contributed by atoms with Crippen LogP contribution in [0, 0.1) is 0 Å². The molecule has 20 heavy (non-hydrogen) atoms. The van der Waals surface area contributed by atoms with Crippen LogP contribution in [0.15, 0.2) is 54.6 Å². The monoisotopic (exact) mass is 270 g/mol. The third kappa shape index (κ3) is 3.60. The molecule has 0 spiro atoms. The minimum atomic E-state index is -0.213. The van der Waals surface area contributed by atoms with Gasteiger partial charge in [0, 0.05) is 5.92 Å². The summed E-state index contributed by atoms with van der Waals surface area (Å²) in [7, 11) is 0. The molecule has 0 heterocycles. The Morgan fingerprint density at radius 3 is 2.25 bits per heavy atom. The van der Waals surface area contributed by atoms with Gasteiger partial charge in [-0.3, -0.25) is 4.79 Å². The molecule has 0 saturated carbocycles. The Labute approximate surface area is 118 Å². The van der Waals surface area contributed by atoms with E-state index < -0.39 is 0 Å². The van der Waals surface area contributed by atoms with Gasteiger partial charge in [-0.15, -0.1) is 0 Å². The summed E-state index contributed by atoms with van der Waals surface area (Å²) >= 11 is 0. The lowest BCUT2D eigenvalue weighted by Crippen LogP contribution is -2.11. The average Bonchev–Trinajstić information content (AvgIpc) is 2.47. The SMILES string of the molecule is CCOC(=O)C[C@@H](c1ccccc1)c1ccc(O)cc1. The molecular formula is C17H18O3. The molecule has 0 aliphatic rings. The van der Waals surface area contributed by atoms with Crippen LogP contribution < -0.4 is 0 Å². The van der Waals surface area contributed by atoms with Gasteiger partial charge in [0.05, 0.1) is 13.0 Å². The average molecular weight is 270 g/mol. The van der Waals surface area contributed by atoms with Gasteiger partial charge in [-0.1, -0.05) is 42.5 Å². The van der Waals surface area contributed by atoms with Crippen molar-refractivity contribution in [3.8, 4) is 5.75 Å². The molecule has 104 valence electrons. The van der Waals surface area contributed by atoms with Crippen molar-refractivity contribution < 1.29 is 14.6 Å². The number of hydrogen-bond donors (Lipinski definition) is 1. The Kier molecular flexibility index (Phi) is 4.77. The lowest BCUT2D eigenvalue weighted by molar-refractivity contribution is -0.143. The van der Waals surface area contributed by atoms with Crippen LogP contribution in [0.2, 0.25) is 0 Å². The predicted octanol–water partition coefficient (Wildman–Crippen LogP) is 3.48. The molecule has 3 nitrogen and oxygen atoms in total. The van der Waals surface area contributed by atoms with E-state index in [9.17, 15) is 9.90 Å². The van der Waals surface area contributed by atoms with Gasteiger partial charge in [-0.2, -0.15) is 0 Å². The first kappa shape index (κ1) is 14.1. The maximum Gasteiger partial charge on any atom is 0.306 e. The van der Waals surface area contributed by atoms with Crippen molar-refractivity contribution in [3.05, 3.63) is 65.7 Å². The fourth-order valence-electron chi connectivity index (χ4n) is 2.21. The molecule has 1 atom stereocenters. The summed E-state index contributed by atoms with van der Waals surface area (Å²) in [6.07, 6.45) is 0.294.